The number of carbonyl (C=O) groups excluding carboxylic acids is 4. The van der Waals surface area contributed by atoms with Crippen LogP contribution in [0.3, 0.4) is 0 Å². The third-order valence-electron chi connectivity index (χ3n) is 9.62. The highest BCUT2D eigenvalue weighted by molar-refractivity contribution is 14.2. The molecular weight excluding hydrogens is 1150 g/mol. The van der Waals surface area contributed by atoms with Crippen LogP contribution in [-0.4, -0.2) is 34.6 Å². The van der Waals surface area contributed by atoms with E-state index in [4.69, 9.17) is 5.11 Å². The minimum absolute atomic E-state index is 0. The van der Waals surface area contributed by atoms with E-state index < -0.39 is 5.92 Å². The zero-order valence-electron chi connectivity index (χ0n) is 35.8. The molecule has 0 saturated heterocycles. The van der Waals surface area contributed by atoms with Crippen LogP contribution in [0.2, 0.25) is 0 Å². The third-order valence-corrected chi connectivity index (χ3v) is 9.62. The SMILES string of the molecule is C.CC(I)I.CCI.O=C(CC(=O)c1ccccc1)c1ccccc1.O=C(c1ccccc1)C(Cc1cccc2ccccc12)C(=O)c1ccccc1.OCc1cccc2ccccc12. The maximum absolute atomic E-state index is 13.3. The predicted octanol–water partition coefficient (Wildman–Crippen LogP) is 15.5. The molecule has 0 heterocycles. The largest absolute Gasteiger partial charge is 0.392 e. The van der Waals surface area contributed by atoms with E-state index in [2.05, 4.69) is 93.8 Å². The number of fused-ring (bicyclic) bond motifs is 2. The van der Waals surface area contributed by atoms with E-state index in [0.29, 0.717) is 28.7 Å². The Kier molecular flexibility index (Phi) is 25.4. The molecule has 0 fully saturated rings. The van der Waals surface area contributed by atoms with Gasteiger partial charge in [-0.3, -0.25) is 19.2 Å². The monoisotopic (exact) mass is 1200 g/mol. The van der Waals surface area contributed by atoms with Gasteiger partial charge in [-0.15, -0.1) is 0 Å². The summed E-state index contributed by atoms with van der Waals surface area (Å²) in [5, 5.41) is 13.6. The fraction of sp³-hybridized carbons (Fsp3) is 0.158. The highest BCUT2D eigenvalue weighted by Crippen LogP contribution is 2.26. The van der Waals surface area contributed by atoms with Gasteiger partial charge in [-0.05, 0) is 50.4 Å². The lowest BCUT2D eigenvalue weighted by Gasteiger charge is -2.17. The molecule has 0 aromatic heterocycles. The predicted molar refractivity (Wildman–Crippen MR) is 298 cm³/mol. The standard InChI is InChI=1S/C26H20O2.C15H12O2.C11H10O.C2H4I2.C2H5I.CH4/c27-25(20-11-3-1-4-12-20)24(26(28)21-13-5-2-6-14-21)18-22-16-9-15-19-10-7-8-17-23(19)22;16-14(12-7-3-1-4-8-12)11-15(17)13-9-5-2-6-10-13;12-8-10-6-3-5-9-4-1-2-7-11(9)10;1-2(3)4;1-2-3;/h1-17,24H,18H2;1-10H,11H2;1-7,12H,8H2;2H,1H3;2H2,1H3;1H4. The van der Waals surface area contributed by atoms with Crippen LogP contribution >= 0.6 is 67.8 Å². The molecule has 0 spiro atoms. The molecule has 0 aliphatic heterocycles. The van der Waals surface area contributed by atoms with Crippen molar-refractivity contribution in [1.82, 2.24) is 0 Å². The van der Waals surface area contributed by atoms with Crippen molar-refractivity contribution in [3.8, 4) is 0 Å². The summed E-state index contributed by atoms with van der Waals surface area (Å²) in [6.45, 7) is 4.36. The van der Waals surface area contributed by atoms with Crippen LogP contribution in [0.5, 0.6) is 0 Å². The number of aliphatic hydroxyl groups is 1. The summed E-state index contributed by atoms with van der Waals surface area (Å²) in [5.74, 6) is -1.31. The topological polar surface area (TPSA) is 88.5 Å². The molecule has 1 N–H and O–H groups in total. The lowest BCUT2D eigenvalue weighted by atomic mass is 9.84. The molecule has 5 nitrogen and oxygen atoms in total. The van der Waals surface area contributed by atoms with E-state index in [9.17, 15) is 19.2 Å². The molecule has 0 saturated carbocycles. The third kappa shape index (κ3) is 18.1. The minimum atomic E-state index is -0.754. The second-order valence-electron chi connectivity index (χ2n) is 14.2. The lowest BCUT2D eigenvalue weighted by molar-refractivity contribution is 0.0804. The lowest BCUT2D eigenvalue weighted by Crippen LogP contribution is -2.27. The molecule has 0 atom stereocenters. The van der Waals surface area contributed by atoms with Crippen LogP contribution in [-0.2, 0) is 13.0 Å². The van der Waals surface area contributed by atoms with Crippen molar-refractivity contribution in [2.45, 2.75) is 42.7 Å². The number of ketones is 4. The molecule has 8 aromatic rings. The van der Waals surface area contributed by atoms with Crippen molar-refractivity contribution in [3.63, 3.8) is 0 Å². The molecule has 0 radical (unpaired) electrons. The average Bonchev–Trinajstić information content (AvgIpc) is 3.34. The van der Waals surface area contributed by atoms with Crippen molar-refractivity contribution < 1.29 is 24.3 Å². The molecule has 0 aliphatic rings. The fourth-order valence-corrected chi connectivity index (χ4v) is 6.63. The van der Waals surface area contributed by atoms with Gasteiger partial charge < -0.3 is 5.11 Å². The Hall–Kier alpha value is -4.89. The molecule has 0 bridgehead atoms. The first-order valence-electron chi connectivity index (χ1n) is 20.8. The van der Waals surface area contributed by atoms with E-state index in [-0.39, 0.29) is 43.6 Å². The molecule has 0 amide bonds. The normalized spacial score (nSPS) is 10.0. The van der Waals surface area contributed by atoms with Crippen molar-refractivity contribution >= 4 is 112 Å². The number of Topliss-reactive ketones (excluding diaryl/α,β-unsaturated/α-hetero) is 4. The quantitative estimate of drug-likeness (QED) is 0.0603. The van der Waals surface area contributed by atoms with Gasteiger partial charge in [0.05, 0.1) is 20.9 Å². The van der Waals surface area contributed by atoms with Crippen molar-refractivity contribution in [2.24, 2.45) is 5.92 Å². The summed E-state index contributed by atoms with van der Waals surface area (Å²) in [7, 11) is 0. The number of halogens is 3. The molecule has 8 rings (SSSR count). The highest BCUT2D eigenvalue weighted by atomic mass is 127. The number of carbonyl (C=O) groups is 4. The summed E-state index contributed by atoms with van der Waals surface area (Å²) in [4.78, 5) is 50.2. The number of alkyl halides is 3. The first-order valence-corrected chi connectivity index (χ1v) is 24.8. The van der Waals surface area contributed by atoms with Gasteiger partial charge in [0.1, 0.15) is 0 Å². The number of hydrogen-bond donors (Lipinski definition) is 1. The van der Waals surface area contributed by atoms with Gasteiger partial charge in [-0.25, -0.2) is 0 Å². The van der Waals surface area contributed by atoms with Crippen molar-refractivity contribution in [3.05, 3.63) is 240 Å². The number of benzene rings is 8. The molecule has 65 heavy (non-hydrogen) atoms. The van der Waals surface area contributed by atoms with Crippen LogP contribution in [0.25, 0.3) is 21.5 Å². The van der Waals surface area contributed by atoms with Crippen molar-refractivity contribution in [1.29, 1.82) is 0 Å². The zero-order chi connectivity index (χ0) is 46.1. The Balaban J connectivity index is 0.000000258. The first kappa shape index (κ1) is 54.4. The molecule has 8 aromatic carbocycles. The van der Waals surface area contributed by atoms with Gasteiger partial charge in [0.15, 0.2) is 23.1 Å². The molecule has 0 aliphatic carbocycles. The van der Waals surface area contributed by atoms with E-state index in [1.165, 1.54) is 9.81 Å². The maximum Gasteiger partial charge on any atom is 0.174 e. The number of aliphatic hydroxyl groups excluding tert-OH is 1. The first-order chi connectivity index (χ1) is 31.1. The Morgan fingerprint density at radius 1 is 0.462 bits per heavy atom. The van der Waals surface area contributed by atoms with Crippen LogP contribution in [0, 0.1) is 5.92 Å². The summed E-state index contributed by atoms with van der Waals surface area (Å²) in [5.41, 5.74) is 4.30. The Morgan fingerprint density at radius 2 is 0.754 bits per heavy atom. The van der Waals surface area contributed by atoms with Crippen LogP contribution in [0.1, 0.15) is 80.3 Å². The smallest absolute Gasteiger partial charge is 0.174 e. The van der Waals surface area contributed by atoms with Gasteiger partial charge >= 0.3 is 0 Å². The van der Waals surface area contributed by atoms with E-state index in [1.54, 1.807) is 72.8 Å². The Bertz CT molecular complexity index is 2540. The highest BCUT2D eigenvalue weighted by Gasteiger charge is 2.29. The number of hydrogen-bond acceptors (Lipinski definition) is 5. The van der Waals surface area contributed by atoms with Gasteiger partial charge in [0.2, 0.25) is 0 Å². The second kappa shape index (κ2) is 30.3. The Morgan fingerprint density at radius 3 is 1.12 bits per heavy atom. The summed E-state index contributed by atoms with van der Waals surface area (Å²) < 4.78 is 1.99. The summed E-state index contributed by atoms with van der Waals surface area (Å²) in [6, 6.07) is 64.0. The fourth-order valence-electron chi connectivity index (χ4n) is 6.63. The van der Waals surface area contributed by atoms with Crippen LogP contribution < -0.4 is 0 Å². The average molecular weight is 1200 g/mol. The Labute approximate surface area is 425 Å². The van der Waals surface area contributed by atoms with Crippen LogP contribution in [0.4, 0.5) is 0 Å². The maximum atomic E-state index is 13.3. The summed E-state index contributed by atoms with van der Waals surface area (Å²) >= 11 is 6.95. The molecular formula is C57H55I3O5. The van der Waals surface area contributed by atoms with E-state index in [0.717, 1.165) is 29.2 Å². The molecule has 8 heteroatoms. The molecule has 334 valence electrons. The van der Waals surface area contributed by atoms with Gasteiger partial charge in [-0.1, -0.05) is 288 Å². The van der Waals surface area contributed by atoms with Gasteiger partial charge in [-0.2, -0.15) is 0 Å². The van der Waals surface area contributed by atoms with E-state index >= 15 is 0 Å². The summed E-state index contributed by atoms with van der Waals surface area (Å²) in [6.07, 6.45) is 0.302. The van der Waals surface area contributed by atoms with Gasteiger partial charge in [0, 0.05) is 22.3 Å². The van der Waals surface area contributed by atoms with Crippen molar-refractivity contribution in [2.75, 3.05) is 4.43 Å². The zero-order valence-corrected chi connectivity index (χ0v) is 42.3. The van der Waals surface area contributed by atoms with E-state index in [1.807, 2.05) is 121 Å². The van der Waals surface area contributed by atoms with Gasteiger partial charge in [0.25, 0.3) is 0 Å². The van der Waals surface area contributed by atoms with Crippen LogP contribution in [0.15, 0.2) is 206 Å². The second-order valence-corrected chi connectivity index (χ2v) is 21.8. The minimum Gasteiger partial charge on any atom is -0.392 e. The number of rotatable bonds is 11. The molecule has 0 unspecified atom stereocenters.